The number of aryl methyl sites for hydroxylation is 1. The number of hydrogen-bond acceptors (Lipinski definition) is 8. The molecule has 1 aromatic rings. The SMILES string of the molecule is COC(=O)COCC(=O)OCC1C=CC(n2cc(C)c(=O)[nH]c2=O)O1. The van der Waals surface area contributed by atoms with Gasteiger partial charge in [-0.25, -0.2) is 14.4 Å². The molecule has 2 atom stereocenters. The molecule has 1 aliphatic heterocycles. The van der Waals surface area contributed by atoms with Gasteiger partial charge in [0.25, 0.3) is 5.56 Å². The Labute approximate surface area is 141 Å². The van der Waals surface area contributed by atoms with Crippen LogP contribution in [0.1, 0.15) is 11.8 Å². The van der Waals surface area contributed by atoms with E-state index in [4.69, 9.17) is 14.2 Å². The Hall–Kier alpha value is -2.72. The van der Waals surface area contributed by atoms with Gasteiger partial charge >= 0.3 is 17.6 Å². The van der Waals surface area contributed by atoms with Gasteiger partial charge in [0, 0.05) is 11.8 Å². The van der Waals surface area contributed by atoms with Crippen molar-refractivity contribution in [3.05, 3.63) is 44.8 Å². The molecule has 0 aliphatic carbocycles. The van der Waals surface area contributed by atoms with Crippen molar-refractivity contribution in [1.29, 1.82) is 0 Å². The van der Waals surface area contributed by atoms with E-state index in [2.05, 4.69) is 9.72 Å². The maximum absolute atomic E-state index is 11.8. The van der Waals surface area contributed by atoms with Crippen LogP contribution in [0.25, 0.3) is 0 Å². The Balaban J connectivity index is 1.80. The molecule has 1 aromatic heterocycles. The molecule has 0 fully saturated rings. The molecule has 1 N–H and O–H groups in total. The predicted octanol–water partition coefficient (Wildman–Crippen LogP) is -0.969. The maximum Gasteiger partial charge on any atom is 0.332 e. The highest BCUT2D eigenvalue weighted by molar-refractivity contribution is 5.73. The second kappa shape index (κ2) is 8.40. The van der Waals surface area contributed by atoms with Gasteiger partial charge in [0.15, 0.2) is 6.23 Å². The summed E-state index contributed by atoms with van der Waals surface area (Å²) in [5, 5.41) is 0. The maximum atomic E-state index is 11.8. The molecule has 2 rings (SSSR count). The Kier molecular flexibility index (Phi) is 6.25. The molecule has 1 aliphatic rings. The quantitative estimate of drug-likeness (QED) is 0.490. The van der Waals surface area contributed by atoms with Crippen LogP contribution in [0.15, 0.2) is 27.9 Å². The number of hydrogen-bond donors (Lipinski definition) is 1. The molecular formula is C15H18N2O8. The summed E-state index contributed by atoms with van der Waals surface area (Å²) in [7, 11) is 1.21. The topological polar surface area (TPSA) is 126 Å². The van der Waals surface area contributed by atoms with Crippen LogP contribution in [-0.4, -0.2) is 54.5 Å². The average molecular weight is 354 g/mol. The summed E-state index contributed by atoms with van der Waals surface area (Å²) in [5.74, 6) is -1.26. The Morgan fingerprint density at radius 1 is 1.24 bits per heavy atom. The van der Waals surface area contributed by atoms with E-state index in [9.17, 15) is 19.2 Å². The highest BCUT2D eigenvalue weighted by Gasteiger charge is 2.23. The Morgan fingerprint density at radius 2 is 1.96 bits per heavy atom. The van der Waals surface area contributed by atoms with E-state index < -0.39 is 42.1 Å². The van der Waals surface area contributed by atoms with E-state index in [1.807, 2.05) is 0 Å². The minimum Gasteiger partial charge on any atom is -0.467 e. The zero-order valence-electron chi connectivity index (χ0n) is 13.7. The number of H-pyrrole nitrogens is 1. The van der Waals surface area contributed by atoms with Crippen LogP contribution >= 0.6 is 0 Å². The normalized spacial score (nSPS) is 19.0. The van der Waals surface area contributed by atoms with Crippen molar-refractivity contribution in [2.24, 2.45) is 0 Å². The third-order valence-electron chi connectivity index (χ3n) is 3.30. The lowest BCUT2D eigenvalue weighted by Crippen LogP contribution is -2.33. The molecule has 0 saturated heterocycles. The van der Waals surface area contributed by atoms with E-state index in [0.717, 1.165) is 0 Å². The second-order valence-corrected chi connectivity index (χ2v) is 5.18. The number of aromatic amines is 1. The first kappa shape index (κ1) is 18.6. The Morgan fingerprint density at radius 3 is 2.68 bits per heavy atom. The van der Waals surface area contributed by atoms with Crippen molar-refractivity contribution in [3.63, 3.8) is 0 Å². The van der Waals surface area contributed by atoms with Crippen molar-refractivity contribution in [3.8, 4) is 0 Å². The van der Waals surface area contributed by atoms with Crippen LogP contribution in [0, 0.1) is 6.92 Å². The molecule has 10 heteroatoms. The van der Waals surface area contributed by atoms with Gasteiger partial charge in [-0.1, -0.05) is 6.08 Å². The molecule has 25 heavy (non-hydrogen) atoms. The third-order valence-corrected chi connectivity index (χ3v) is 3.30. The fourth-order valence-corrected chi connectivity index (χ4v) is 2.01. The van der Waals surface area contributed by atoms with Gasteiger partial charge in [0.1, 0.15) is 25.9 Å². The van der Waals surface area contributed by atoms with Gasteiger partial charge < -0.3 is 18.9 Å². The number of aromatic nitrogens is 2. The monoisotopic (exact) mass is 354 g/mol. The van der Waals surface area contributed by atoms with Crippen LogP contribution in [0.3, 0.4) is 0 Å². The summed E-state index contributed by atoms with van der Waals surface area (Å²) in [6, 6.07) is 0. The summed E-state index contributed by atoms with van der Waals surface area (Å²) >= 11 is 0. The molecule has 0 aromatic carbocycles. The number of nitrogens with one attached hydrogen (secondary N) is 1. The molecule has 2 heterocycles. The van der Waals surface area contributed by atoms with E-state index in [1.165, 1.54) is 17.9 Å². The van der Waals surface area contributed by atoms with Gasteiger partial charge in [-0.05, 0) is 13.0 Å². The van der Waals surface area contributed by atoms with Crippen molar-refractivity contribution in [2.75, 3.05) is 26.9 Å². The van der Waals surface area contributed by atoms with Crippen molar-refractivity contribution >= 4 is 11.9 Å². The molecule has 0 amide bonds. The smallest absolute Gasteiger partial charge is 0.332 e. The third kappa shape index (κ3) is 5.13. The zero-order chi connectivity index (χ0) is 18.4. The molecule has 0 saturated carbocycles. The van der Waals surface area contributed by atoms with Gasteiger partial charge in [-0.15, -0.1) is 0 Å². The predicted molar refractivity (Wildman–Crippen MR) is 82.9 cm³/mol. The van der Waals surface area contributed by atoms with Crippen molar-refractivity contribution < 1.29 is 28.5 Å². The number of nitrogens with zero attached hydrogens (tertiary/aromatic N) is 1. The molecule has 136 valence electrons. The molecule has 2 unspecified atom stereocenters. The van der Waals surface area contributed by atoms with Crippen LogP contribution in [0.5, 0.6) is 0 Å². The van der Waals surface area contributed by atoms with Crippen LogP contribution in [-0.2, 0) is 28.5 Å². The molecular weight excluding hydrogens is 336 g/mol. The standard InChI is InChI=1S/C15H18N2O8/c1-9-5-17(15(21)16-14(9)20)11-4-3-10(25-11)6-24-13(19)8-23-7-12(18)22-2/h3-5,10-11H,6-8H2,1-2H3,(H,16,20,21). The summed E-state index contributed by atoms with van der Waals surface area (Å²) in [6.45, 7) is 0.751. The first-order valence-electron chi connectivity index (χ1n) is 7.36. The number of carbonyl (C=O) groups is 2. The lowest BCUT2D eigenvalue weighted by atomic mass is 10.3. The largest absolute Gasteiger partial charge is 0.467 e. The van der Waals surface area contributed by atoms with E-state index in [0.29, 0.717) is 5.56 Å². The lowest BCUT2D eigenvalue weighted by molar-refractivity contribution is -0.156. The average Bonchev–Trinajstić information content (AvgIpc) is 3.04. The number of carbonyl (C=O) groups excluding carboxylic acids is 2. The van der Waals surface area contributed by atoms with Gasteiger partial charge in [-0.2, -0.15) is 0 Å². The first-order chi connectivity index (χ1) is 11.9. The fourth-order valence-electron chi connectivity index (χ4n) is 2.01. The highest BCUT2D eigenvalue weighted by Crippen LogP contribution is 2.19. The number of ether oxygens (including phenoxy) is 4. The Bertz CT molecular complexity index is 778. The minimum absolute atomic E-state index is 0.0789. The van der Waals surface area contributed by atoms with E-state index in [-0.39, 0.29) is 13.2 Å². The van der Waals surface area contributed by atoms with Crippen LogP contribution in [0.2, 0.25) is 0 Å². The summed E-state index contributed by atoms with van der Waals surface area (Å²) in [4.78, 5) is 47.7. The van der Waals surface area contributed by atoms with Gasteiger partial charge in [-0.3, -0.25) is 14.3 Å². The minimum atomic E-state index is -0.706. The molecule has 0 radical (unpaired) electrons. The van der Waals surface area contributed by atoms with Crippen molar-refractivity contribution in [2.45, 2.75) is 19.3 Å². The molecule has 0 spiro atoms. The number of methoxy groups -OCH3 is 1. The summed E-state index contributed by atoms with van der Waals surface area (Å²) in [5.41, 5.74) is -0.686. The fraction of sp³-hybridized carbons (Fsp3) is 0.467. The summed E-state index contributed by atoms with van der Waals surface area (Å²) in [6.07, 6.45) is 3.40. The number of rotatable bonds is 7. The molecule has 0 bridgehead atoms. The number of esters is 2. The van der Waals surface area contributed by atoms with Crippen LogP contribution < -0.4 is 11.2 Å². The molecule has 10 nitrogen and oxygen atoms in total. The van der Waals surface area contributed by atoms with E-state index in [1.54, 1.807) is 19.1 Å². The van der Waals surface area contributed by atoms with Crippen LogP contribution in [0.4, 0.5) is 0 Å². The lowest BCUT2D eigenvalue weighted by Gasteiger charge is -2.16. The summed E-state index contributed by atoms with van der Waals surface area (Å²) < 4.78 is 20.9. The van der Waals surface area contributed by atoms with Gasteiger partial charge in [0.2, 0.25) is 0 Å². The highest BCUT2D eigenvalue weighted by atomic mass is 16.6. The first-order valence-corrected chi connectivity index (χ1v) is 7.36. The zero-order valence-corrected chi connectivity index (χ0v) is 13.7. The van der Waals surface area contributed by atoms with Crippen molar-refractivity contribution in [1.82, 2.24) is 9.55 Å². The second-order valence-electron chi connectivity index (χ2n) is 5.18. The van der Waals surface area contributed by atoms with E-state index >= 15 is 0 Å². The van der Waals surface area contributed by atoms with Gasteiger partial charge in [0.05, 0.1) is 7.11 Å².